The second-order valence-corrected chi connectivity index (χ2v) is 13.0. The van der Waals surface area contributed by atoms with Crippen molar-refractivity contribution in [3.8, 4) is 22.8 Å². The summed E-state index contributed by atoms with van der Waals surface area (Å²) < 4.78 is 35.9. The van der Waals surface area contributed by atoms with Gasteiger partial charge in [0.05, 0.1) is 22.3 Å². The zero-order valence-electron chi connectivity index (χ0n) is 24.7. The van der Waals surface area contributed by atoms with E-state index in [0.717, 1.165) is 56.5 Å². The van der Waals surface area contributed by atoms with Crippen LogP contribution in [0.2, 0.25) is 0 Å². The second-order valence-electron chi connectivity index (χ2n) is 13.0. The van der Waals surface area contributed by atoms with Crippen LogP contribution >= 0.6 is 0 Å². The largest absolute Gasteiger partial charge is 0.508 e. The van der Waals surface area contributed by atoms with Crippen molar-refractivity contribution < 1.29 is 23.4 Å². The number of ether oxygens (including phenoxy) is 1. The van der Waals surface area contributed by atoms with E-state index in [1.54, 1.807) is 12.3 Å². The number of piperazine rings is 1. The van der Waals surface area contributed by atoms with Crippen LogP contribution in [0.1, 0.15) is 49.4 Å². The first-order valence-electron chi connectivity index (χ1n) is 15.6. The van der Waals surface area contributed by atoms with Gasteiger partial charge in [-0.05, 0) is 74.4 Å². The number of aromatic nitrogens is 2. The number of pyridine rings is 2. The van der Waals surface area contributed by atoms with Crippen molar-refractivity contribution in [3.63, 3.8) is 0 Å². The minimum absolute atomic E-state index is 0.00108. The van der Waals surface area contributed by atoms with Crippen molar-refractivity contribution >= 4 is 33.3 Å². The number of fused-ring (bicyclic) bond motifs is 5. The van der Waals surface area contributed by atoms with E-state index in [1.165, 1.54) is 25.1 Å². The molecule has 2 N–H and O–H groups in total. The van der Waals surface area contributed by atoms with Crippen LogP contribution in [-0.2, 0) is 0 Å². The smallest absolute Gasteiger partial charge is 0.216 e. The average Bonchev–Trinajstić information content (AvgIpc) is 3.65. The Morgan fingerprint density at radius 1 is 1.16 bits per heavy atom. The van der Waals surface area contributed by atoms with Crippen LogP contribution in [0.3, 0.4) is 0 Å². The molecule has 2 aromatic carbocycles. The molecule has 44 heavy (non-hydrogen) atoms. The Balaban J connectivity index is 1.25. The SMILES string of the molecule is CC(=O)c1c(F)ccc2cc(O)cc(-c3cnc4c(N5CC6CCC(C5)N6)cc(OC[C@@]56CCCN5C[C@H](F)C6)nc4c3)c12. The van der Waals surface area contributed by atoms with Crippen LogP contribution in [0.15, 0.2) is 42.6 Å². The summed E-state index contributed by atoms with van der Waals surface area (Å²) in [7, 11) is 0. The van der Waals surface area contributed by atoms with E-state index in [-0.39, 0.29) is 16.9 Å². The fraction of sp³-hybridized carbons (Fsp3) is 0.441. The van der Waals surface area contributed by atoms with Gasteiger partial charge in [0.25, 0.3) is 0 Å². The molecule has 228 valence electrons. The molecule has 0 spiro atoms. The summed E-state index contributed by atoms with van der Waals surface area (Å²) in [6, 6.07) is 10.5. The lowest BCUT2D eigenvalue weighted by atomic mass is 9.93. The summed E-state index contributed by atoms with van der Waals surface area (Å²) in [6.07, 6.45) is 5.53. The third kappa shape index (κ3) is 4.57. The molecule has 2 unspecified atom stereocenters. The second kappa shape index (κ2) is 10.3. The predicted octanol–water partition coefficient (Wildman–Crippen LogP) is 5.39. The van der Waals surface area contributed by atoms with E-state index in [4.69, 9.17) is 14.7 Å². The predicted molar refractivity (Wildman–Crippen MR) is 165 cm³/mol. The van der Waals surface area contributed by atoms with Gasteiger partial charge in [0.2, 0.25) is 5.88 Å². The van der Waals surface area contributed by atoms with E-state index in [0.29, 0.717) is 65.0 Å². The summed E-state index contributed by atoms with van der Waals surface area (Å²) in [5.41, 5.74) is 3.00. The molecule has 8 nitrogen and oxygen atoms in total. The molecule has 2 aromatic heterocycles. The maximum atomic E-state index is 15.0. The molecule has 4 saturated heterocycles. The number of ketones is 1. The highest BCUT2D eigenvalue weighted by Gasteiger charge is 2.49. The standard InChI is InChI=1S/C34H35F2N5O3/c1-19(42)31-27(36)6-3-20-9-25(43)11-26(32(20)31)21-10-28-33(37-14-21)29(40-16-23-4-5-24(17-40)38-23)12-30(39-28)44-18-34-7-2-8-41(34)15-22(35)13-34/h3,6,9-12,14,22-24,38,43H,2,4-5,7-8,13,15-18H2,1H3/t22-,23?,24?,34+/m1/s1. The molecule has 4 aliphatic rings. The Hall–Kier alpha value is -3.89. The van der Waals surface area contributed by atoms with Crippen molar-refractivity contribution in [1.82, 2.24) is 20.2 Å². The molecule has 4 atom stereocenters. The van der Waals surface area contributed by atoms with E-state index in [1.807, 2.05) is 12.1 Å². The van der Waals surface area contributed by atoms with Crippen molar-refractivity contribution in [1.29, 1.82) is 0 Å². The molecule has 0 saturated carbocycles. The van der Waals surface area contributed by atoms with Crippen LogP contribution in [0.5, 0.6) is 11.6 Å². The van der Waals surface area contributed by atoms with Crippen molar-refractivity contribution in [3.05, 3.63) is 54.0 Å². The van der Waals surface area contributed by atoms with Gasteiger partial charge >= 0.3 is 0 Å². The number of anilines is 1. The third-order valence-corrected chi connectivity index (χ3v) is 10.1. The van der Waals surface area contributed by atoms with E-state index < -0.39 is 17.8 Å². The first kappa shape index (κ1) is 27.6. The summed E-state index contributed by atoms with van der Waals surface area (Å²) in [6.45, 7) is 4.74. The van der Waals surface area contributed by atoms with E-state index >= 15 is 0 Å². The number of nitrogens with one attached hydrogen (secondary N) is 1. The number of carbonyl (C=O) groups excluding carboxylic acids is 1. The number of hydrogen-bond donors (Lipinski definition) is 2. The topological polar surface area (TPSA) is 90.8 Å². The van der Waals surface area contributed by atoms with Gasteiger partial charge in [-0.1, -0.05) is 6.07 Å². The van der Waals surface area contributed by atoms with Crippen LogP contribution in [0.4, 0.5) is 14.5 Å². The molecule has 4 aromatic rings. The van der Waals surface area contributed by atoms with Crippen LogP contribution in [-0.4, -0.2) is 82.3 Å². The Labute approximate surface area is 254 Å². The Bertz CT molecular complexity index is 1810. The molecule has 6 heterocycles. The fourth-order valence-corrected chi connectivity index (χ4v) is 8.18. The molecule has 0 radical (unpaired) electrons. The number of carbonyl (C=O) groups is 1. The minimum atomic E-state index is -0.844. The molecule has 8 rings (SSSR count). The maximum Gasteiger partial charge on any atom is 0.216 e. The van der Waals surface area contributed by atoms with E-state index in [2.05, 4.69) is 15.1 Å². The maximum absolute atomic E-state index is 15.0. The van der Waals surface area contributed by atoms with Gasteiger partial charge in [0.15, 0.2) is 5.78 Å². The summed E-state index contributed by atoms with van der Waals surface area (Å²) in [4.78, 5) is 26.9. The average molecular weight is 600 g/mol. The van der Waals surface area contributed by atoms with Crippen LogP contribution in [0, 0.1) is 5.82 Å². The number of nitrogens with zero attached hydrogens (tertiary/aromatic N) is 4. The number of phenolic OH excluding ortho intramolecular Hbond substituents is 1. The van der Waals surface area contributed by atoms with Gasteiger partial charge in [-0.15, -0.1) is 0 Å². The zero-order chi connectivity index (χ0) is 30.2. The highest BCUT2D eigenvalue weighted by Crippen LogP contribution is 2.42. The fourth-order valence-electron chi connectivity index (χ4n) is 8.18. The number of alkyl halides is 1. The van der Waals surface area contributed by atoms with Gasteiger partial charge < -0.3 is 20.1 Å². The quantitative estimate of drug-likeness (QED) is 0.285. The first-order valence-corrected chi connectivity index (χ1v) is 15.6. The van der Waals surface area contributed by atoms with Gasteiger partial charge in [0.1, 0.15) is 29.9 Å². The van der Waals surface area contributed by atoms with Gasteiger partial charge in [-0.25, -0.2) is 13.8 Å². The molecular weight excluding hydrogens is 564 g/mol. The van der Waals surface area contributed by atoms with Gasteiger partial charge in [-0.3, -0.25) is 14.7 Å². The number of aromatic hydroxyl groups is 1. The van der Waals surface area contributed by atoms with Crippen molar-refractivity contribution in [2.45, 2.75) is 62.8 Å². The van der Waals surface area contributed by atoms with Gasteiger partial charge in [-0.2, -0.15) is 0 Å². The molecule has 4 fully saturated rings. The van der Waals surface area contributed by atoms with E-state index in [9.17, 15) is 18.7 Å². The number of Topliss-reactive ketones (excluding diaryl/α,β-unsaturated/α-hetero) is 1. The summed E-state index contributed by atoms with van der Waals surface area (Å²) in [5.74, 6) is -0.560. The normalized spacial score (nSPS) is 26.5. The molecule has 4 aliphatic heterocycles. The summed E-state index contributed by atoms with van der Waals surface area (Å²) in [5, 5.41) is 15.2. The molecule has 10 heteroatoms. The molecule has 0 aliphatic carbocycles. The molecule has 0 amide bonds. The van der Waals surface area contributed by atoms with Crippen LogP contribution in [0.25, 0.3) is 32.9 Å². The lowest BCUT2D eigenvalue weighted by Crippen LogP contribution is -2.51. The highest BCUT2D eigenvalue weighted by molar-refractivity contribution is 6.13. The Morgan fingerprint density at radius 3 is 2.77 bits per heavy atom. The monoisotopic (exact) mass is 599 g/mol. The Kier molecular flexibility index (Phi) is 6.50. The minimum Gasteiger partial charge on any atom is -0.508 e. The van der Waals surface area contributed by atoms with Crippen molar-refractivity contribution in [2.75, 3.05) is 37.7 Å². The summed E-state index contributed by atoms with van der Waals surface area (Å²) >= 11 is 0. The van der Waals surface area contributed by atoms with Crippen molar-refractivity contribution in [2.24, 2.45) is 0 Å². The number of hydrogen-bond acceptors (Lipinski definition) is 8. The molecule has 2 bridgehead atoms. The number of halogens is 2. The van der Waals surface area contributed by atoms with Gasteiger partial charge in [0, 0.05) is 61.4 Å². The Morgan fingerprint density at radius 2 is 1.98 bits per heavy atom. The number of benzene rings is 2. The van der Waals surface area contributed by atoms with Crippen LogP contribution < -0.4 is 15.0 Å². The lowest BCUT2D eigenvalue weighted by Gasteiger charge is -2.35. The molecular formula is C34H35F2N5O3. The zero-order valence-corrected chi connectivity index (χ0v) is 24.7. The lowest BCUT2D eigenvalue weighted by molar-refractivity contribution is 0.101. The first-order chi connectivity index (χ1) is 21.3. The third-order valence-electron chi connectivity index (χ3n) is 10.1. The number of phenols is 1. The number of rotatable bonds is 6. The highest BCUT2D eigenvalue weighted by atomic mass is 19.1.